The minimum absolute atomic E-state index is 0.318. The van der Waals surface area contributed by atoms with Crippen molar-refractivity contribution < 1.29 is 22.6 Å². The van der Waals surface area contributed by atoms with Gasteiger partial charge in [0.05, 0.1) is 12.8 Å². The Morgan fingerprint density at radius 1 is 0.970 bits per heavy atom. The van der Waals surface area contributed by atoms with Crippen molar-refractivity contribution >= 4 is 17.5 Å². The molecule has 1 heterocycles. The molecule has 0 saturated heterocycles. The van der Waals surface area contributed by atoms with Crippen molar-refractivity contribution in [3.63, 3.8) is 0 Å². The molecular formula is C23H26F3N5O2. The number of hydrogen-bond donors (Lipinski definition) is 2. The molecule has 176 valence electrons. The fourth-order valence-corrected chi connectivity index (χ4v) is 3.03. The van der Waals surface area contributed by atoms with E-state index in [1.165, 1.54) is 18.2 Å². The third-order valence-electron chi connectivity index (χ3n) is 4.50. The minimum atomic E-state index is -4.78. The number of alkyl halides is 3. The number of nitrogens with one attached hydrogen (secondary N) is 2. The van der Waals surface area contributed by atoms with Crippen LogP contribution < -0.4 is 20.1 Å². The van der Waals surface area contributed by atoms with E-state index in [0.717, 1.165) is 18.7 Å². The van der Waals surface area contributed by atoms with Crippen molar-refractivity contribution in [2.45, 2.75) is 12.8 Å². The van der Waals surface area contributed by atoms with Gasteiger partial charge in [-0.3, -0.25) is 0 Å². The SMILES string of the molecule is COc1cccc(Nc2cc(-c3cccc(OC(F)(F)F)c3)nc(NCCCN(C)C)n2)c1. The molecule has 1 aromatic heterocycles. The molecule has 7 nitrogen and oxygen atoms in total. The summed E-state index contributed by atoms with van der Waals surface area (Å²) in [5.41, 5.74) is 1.65. The van der Waals surface area contributed by atoms with Gasteiger partial charge in [0.2, 0.25) is 5.95 Å². The highest BCUT2D eigenvalue weighted by Crippen LogP contribution is 2.29. The van der Waals surface area contributed by atoms with Crippen molar-refractivity contribution in [1.29, 1.82) is 0 Å². The first-order valence-corrected chi connectivity index (χ1v) is 10.3. The molecule has 10 heteroatoms. The van der Waals surface area contributed by atoms with Crippen LogP contribution in [0.4, 0.5) is 30.6 Å². The van der Waals surface area contributed by atoms with Crippen LogP contribution in [0.5, 0.6) is 11.5 Å². The van der Waals surface area contributed by atoms with Gasteiger partial charge in [0.25, 0.3) is 0 Å². The van der Waals surface area contributed by atoms with Gasteiger partial charge in [0.1, 0.15) is 17.3 Å². The van der Waals surface area contributed by atoms with E-state index < -0.39 is 6.36 Å². The van der Waals surface area contributed by atoms with Crippen LogP contribution in [0, 0.1) is 0 Å². The van der Waals surface area contributed by atoms with Gasteiger partial charge in [-0.1, -0.05) is 18.2 Å². The molecule has 33 heavy (non-hydrogen) atoms. The topological polar surface area (TPSA) is 71.5 Å². The Kier molecular flexibility index (Phi) is 7.94. The summed E-state index contributed by atoms with van der Waals surface area (Å²) >= 11 is 0. The first kappa shape index (κ1) is 24.1. The van der Waals surface area contributed by atoms with E-state index >= 15 is 0 Å². The molecule has 0 aliphatic rings. The van der Waals surface area contributed by atoms with Gasteiger partial charge < -0.3 is 25.0 Å². The predicted molar refractivity (Wildman–Crippen MR) is 122 cm³/mol. The van der Waals surface area contributed by atoms with Crippen LogP contribution in [0.3, 0.4) is 0 Å². The molecule has 0 fully saturated rings. The Balaban J connectivity index is 1.90. The zero-order valence-electron chi connectivity index (χ0n) is 18.6. The third kappa shape index (κ3) is 7.83. The molecule has 0 unspecified atom stereocenters. The van der Waals surface area contributed by atoms with Gasteiger partial charge in [-0.05, 0) is 51.3 Å². The largest absolute Gasteiger partial charge is 0.573 e. The summed E-state index contributed by atoms with van der Waals surface area (Å²) < 4.78 is 47.3. The lowest BCUT2D eigenvalue weighted by molar-refractivity contribution is -0.274. The molecule has 0 bridgehead atoms. The van der Waals surface area contributed by atoms with E-state index in [1.54, 1.807) is 19.2 Å². The van der Waals surface area contributed by atoms with E-state index in [9.17, 15) is 13.2 Å². The summed E-state index contributed by atoms with van der Waals surface area (Å²) in [7, 11) is 5.56. The van der Waals surface area contributed by atoms with Gasteiger partial charge in [0.15, 0.2) is 0 Å². The summed E-state index contributed by atoms with van der Waals surface area (Å²) in [6, 6.07) is 14.7. The first-order valence-electron chi connectivity index (χ1n) is 10.3. The molecule has 0 amide bonds. The maximum Gasteiger partial charge on any atom is 0.573 e. The molecule has 0 radical (unpaired) electrons. The number of halogens is 3. The number of benzene rings is 2. The fraction of sp³-hybridized carbons (Fsp3) is 0.304. The number of methoxy groups -OCH3 is 1. The Morgan fingerprint density at radius 2 is 1.73 bits per heavy atom. The number of nitrogens with zero attached hydrogens (tertiary/aromatic N) is 3. The highest BCUT2D eigenvalue weighted by molar-refractivity contribution is 5.68. The molecule has 0 atom stereocenters. The van der Waals surface area contributed by atoms with Gasteiger partial charge in [0, 0.05) is 29.9 Å². The number of anilines is 3. The lowest BCUT2D eigenvalue weighted by Crippen LogP contribution is -2.17. The molecule has 0 saturated carbocycles. The standard InChI is InChI=1S/C23H26F3N5O2/c1-31(2)12-6-11-27-22-29-20(16-7-4-10-19(13-16)33-23(24,25)26)15-21(30-22)28-17-8-5-9-18(14-17)32-3/h4-5,7-10,13-15H,6,11-12H2,1-3H3,(H2,27,28,29,30). The van der Waals surface area contributed by atoms with E-state index in [0.29, 0.717) is 35.3 Å². The highest BCUT2D eigenvalue weighted by atomic mass is 19.4. The van der Waals surface area contributed by atoms with Gasteiger partial charge in [-0.25, -0.2) is 4.98 Å². The van der Waals surface area contributed by atoms with Crippen molar-refractivity contribution in [3.8, 4) is 22.8 Å². The zero-order valence-corrected chi connectivity index (χ0v) is 18.6. The van der Waals surface area contributed by atoms with Crippen molar-refractivity contribution in [3.05, 3.63) is 54.6 Å². The maximum atomic E-state index is 12.7. The highest BCUT2D eigenvalue weighted by Gasteiger charge is 2.31. The summed E-state index contributed by atoms with van der Waals surface area (Å²) in [5.74, 6) is 1.19. The molecule has 0 aliphatic carbocycles. The van der Waals surface area contributed by atoms with Crippen LogP contribution in [0.25, 0.3) is 11.3 Å². The van der Waals surface area contributed by atoms with Crippen molar-refractivity contribution in [2.75, 3.05) is 44.9 Å². The van der Waals surface area contributed by atoms with E-state index in [1.807, 2.05) is 38.4 Å². The zero-order chi connectivity index (χ0) is 23.8. The second kappa shape index (κ2) is 10.9. The summed E-state index contributed by atoms with van der Waals surface area (Å²) in [6.07, 6.45) is -3.91. The molecular weight excluding hydrogens is 435 g/mol. The molecule has 3 aromatic rings. The van der Waals surface area contributed by atoms with Gasteiger partial charge in [-0.2, -0.15) is 4.98 Å². The minimum Gasteiger partial charge on any atom is -0.497 e. The predicted octanol–water partition coefficient (Wildman–Crippen LogP) is 5.16. The van der Waals surface area contributed by atoms with Crippen LogP contribution in [0.15, 0.2) is 54.6 Å². The lowest BCUT2D eigenvalue weighted by atomic mass is 10.1. The quantitative estimate of drug-likeness (QED) is 0.404. The van der Waals surface area contributed by atoms with Crippen LogP contribution in [0.1, 0.15) is 6.42 Å². The fourth-order valence-electron chi connectivity index (χ4n) is 3.03. The molecule has 2 aromatic carbocycles. The average Bonchev–Trinajstić information content (AvgIpc) is 2.75. The summed E-state index contributed by atoms with van der Waals surface area (Å²) in [6.45, 7) is 1.52. The van der Waals surface area contributed by atoms with Crippen LogP contribution in [-0.2, 0) is 0 Å². The summed E-state index contributed by atoms with van der Waals surface area (Å²) in [5, 5.41) is 6.39. The summed E-state index contributed by atoms with van der Waals surface area (Å²) in [4.78, 5) is 11.1. The Morgan fingerprint density at radius 3 is 2.45 bits per heavy atom. The Hall–Kier alpha value is -3.53. The van der Waals surface area contributed by atoms with Crippen LogP contribution in [0.2, 0.25) is 0 Å². The number of rotatable bonds is 10. The van der Waals surface area contributed by atoms with Gasteiger partial charge >= 0.3 is 6.36 Å². The van der Waals surface area contributed by atoms with E-state index in [4.69, 9.17) is 4.74 Å². The number of ether oxygens (including phenoxy) is 2. The maximum absolute atomic E-state index is 12.7. The monoisotopic (exact) mass is 461 g/mol. The van der Waals surface area contributed by atoms with Crippen LogP contribution >= 0.6 is 0 Å². The molecule has 3 rings (SSSR count). The number of hydrogen-bond acceptors (Lipinski definition) is 7. The van der Waals surface area contributed by atoms with Crippen LogP contribution in [-0.4, -0.2) is 55.5 Å². The Bertz CT molecular complexity index is 1060. The normalized spacial score (nSPS) is 11.4. The Labute approximate surface area is 190 Å². The second-order valence-electron chi connectivity index (χ2n) is 7.48. The van der Waals surface area contributed by atoms with Gasteiger partial charge in [-0.15, -0.1) is 13.2 Å². The number of aromatic nitrogens is 2. The third-order valence-corrected chi connectivity index (χ3v) is 4.50. The average molecular weight is 461 g/mol. The van der Waals surface area contributed by atoms with Crippen molar-refractivity contribution in [1.82, 2.24) is 14.9 Å². The smallest absolute Gasteiger partial charge is 0.497 e. The van der Waals surface area contributed by atoms with Crippen molar-refractivity contribution in [2.24, 2.45) is 0 Å². The van der Waals surface area contributed by atoms with E-state index in [-0.39, 0.29) is 5.75 Å². The first-order chi connectivity index (χ1) is 15.7. The van der Waals surface area contributed by atoms with E-state index in [2.05, 4.69) is 30.2 Å². The second-order valence-corrected chi connectivity index (χ2v) is 7.48. The molecule has 0 spiro atoms. The lowest BCUT2D eigenvalue weighted by Gasteiger charge is -2.14. The molecule has 2 N–H and O–H groups in total. The molecule has 0 aliphatic heterocycles.